The van der Waals surface area contributed by atoms with Crippen LogP contribution in [-0.2, 0) is 22.6 Å². The lowest BCUT2D eigenvalue weighted by molar-refractivity contribution is -0.138. The van der Waals surface area contributed by atoms with Crippen LogP contribution in [0.2, 0.25) is 0 Å². The van der Waals surface area contributed by atoms with Gasteiger partial charge in [0.25, 0.3) is 6.47 Å². The standard InChI is InChI=1S/C14H14N2.C5H10O2/c1-10-6-12(4-5-16-10)11-2-3-13-8-15-9-14(13)7-11;1-5(2,3)7-4-6/h2-7,15H,8-9H2,1H3;4H,1-3H3. The Labute approximate surface area is 137 Å². The Morgan fingerprint density at radius 1 is 1.09 bits per heavy atom. The van der Waals surface area contributed by atoms with E-state index in [2.05, 4.69) is 45.4 Å². The summed E-state index contributed by atoms with van der Waals surface area (Å²) in [6, 6.07) is 10.9. The molecule has 0 saturated heterocycles. The second kappa shape index (κ2) is 7.38. The molecular weight excluding hydrogens is 288 g/mol. The zero-order chi connectivity index (χ0) is 16.9. The number of carbonyl (C=O) groups excluding carboxylic acids is 1. The fourth-order valence-corrected chi connectivity index (χ4v) is 2.34. The van der Waals surface area contributed by atoms with Crippen molar-refractivity contribution in [3.05, 3.63) is 53.3 Å². The van der Waals surface area contributed by atoms with Gasteiger partial charge in [-0.1, -0.05) is 12.1 Å². The first-order valence-electron chi connectivity index (χ1n) is 7.76. The minimum Gasteiger partial charge on any atom is -0.462 e. The average Bonchev–Trinajstić information content (AvgIpc) is 2.94. The fraction of sp³-hybridized carbons (Fsp3) is 0.368. The SMILES string of the molecule is CC(C)(C)OC=O.Cc1cc(-c2ccc3c(c2)CNC3)ccn1. The number of nitrogens with one attached hydrogen (secondary N) is 1. The van der Waals surface area contributed by atoms with Crippen molar-refractivity contribution >= 4 is 6.47 Å². The topological polar surface area (TPSA) is 51.2 Å². The van der Waals surface area contributed by atoms with Crippen LogP contribution in [0.1, 0.15) is 37.6 Å². The van der Waals surface area contributed by atoms with Gasteiger partial charge in [-0.2, -0.15) is 0 Å². The highest BCUT2D eigenvalue weighted by molar-refractivity contribution is 5.65. The zero-order valence-electron chi connectivity index (χ0n) is 14.2. The van der Waals surface area contributed by atoms with E-state index in [-0.39, 0.29) is 5.60 Å². The van der Waals surface area contributed by atoms with Crippen molar-refractivity contribution in [1.82, 2.24) is 10.3 Å². The molecule has 1 aliphatic heterocycles. The predicted octanol–water partition coefficient (Wildman–Crippen LogP) is 3.62. The number of nitrogens with zero attached hydrogens (tertiary/aromatic N) is 1. The minimum absolute atomic E-state index is 0.318. The Bertz CT molecular complexity index is 675. The molecule has 1 N–H and O–H groups in total. The second-order valence-electron chi connectivity index (χ2n) is 6.60. The molecule has 0 unspecified atom stereocenters. The van der Waals surface area contributed by atoms with Crippen LogP contribution in [0.4, 0.5) is 0 Å². The summed E-state index contributed by atoms with van der Waals surface area (Å²) in [5.41, 5.74) is 6.13. The van der Waals surface area contributed by atoms with Gasteiger partial charge in [-0.3, -0.25) is 9.78 Å². The summed E-state index contributed by atoms with van der Waals surface area (Å²) in [5.74, 6) is 0. The third kappa shape index (κ3) is 5.18. The summed E-state index contributed by atoms with van der Waals surface area (Å²) >= 11 is 0. The quantitative estimate of drug-likeness (QED) is 0.861. The van der Waals surface area contributed by atoms with E-state index in [1.165, 1.54) is 22.3 Å². The molecule has 4 heteroatoms. The number of benzene rings is 1. The Kier molecular flexibility index (Phi) is 5.50. The molecule has 3 rings (SSSR count). The summed E-state index contributed by atoms with van der Waals surface area (Å²) < 4.78 is 4.55. The van der Waals surface area contributed by atoms with Gasteiger partial charge in [-0.25, -0.2) is 0 Å². The van der Waals surface area contributed by atoms with Crippen LogP contribution in [0.25, 0.3) is 11.1 Å². The Balaban J connectivity index is 0.000000236. The van der Waals surface area contributed by atoms with Crippen LogP contribution in [0, 0.1) is 6.92 Å². The fourth-order valence-electron chi connectivity index (χ4n) is 2.34. The van der Waals surface area contributed by atoms with Gasteiger partial charge in [0.05, 0.1) is 0 Å². The molecule has 1 aliphatic rings. The second-order valence-corrected chi connectivity index (χ2v) is 6.60. The Morgan fingerprint density at radius 2 is 1.78 bits per heavy atom. The zero-order valence-corrected chi connectivity index (χ0v) is 14.2. The smallest absolute Gasteiger partial charge is 0.293 e. The lowest BCUT2D eigenvalue weighted by Crippen LogP contribution is -2.17. The van der Waals surface area contributed by atoms with Gasteiger partial charge >= 0.3 is 0 Å². The molecule has 0 atom stereocenters. The van der Waals surface area contributed by atoms with E-state index >= 15 is 0 Å². The molecule has 0 saturated carbocycles. The van der Waals surface area contributed by atoms with E-state index in [4.69, 9.17) is 0 Å². The molecule has 122 valence electrons. The van der Waals surface area contributed by atoms with Crippen molar-refractivity contribution in [2.45, 2.75) is 46.4 Å². The summed E-state index contributed by atoms with van der Waals surface area (Å²) in [6.45, 7) is 9.95. The van der Waals surface area contributed by atoms with Gasteiger partial charge in [-0.15, -0.1) is 0 Å². The molecule has 0 amide bonds. The predicted molar refractivity (Wildman–Crippen MR) is 91.9 cm³/mol. The van der Waals surface area contributed by atoms with Crippen molar-refractivity contribution in [2.24, 2.45) is 0 Å². The van der Waals surface area contributed by atoms with Gasteiger partial charge < -0.3 is 10.1 Å². The van der Waals surface area contributed by atoms with E-state index < -0.39 is 0 Å². The van der Waals surface area contributed by atoms with Gasteiger partial charge in [0, 0.05) is 25.0 Å². The lowest BCUT2D eigenvalue weighted by Gasteiger charge is -2.14. The molecule has 0 bridgehead atoms. The molecule has 2 aromatic rings. The highest BCUT2D eigenvalue weighted by Crippen LogP contribution is 2.24. The first-order valence-corrected chi connectivity index (χ1v) is 7.76. The molecule has 1 aromatic heterocycles. The molecule has 0 radical (unpaired) electrons. The largest absolute Gasteiger partial charge is 0.462 e. The maximum absolute atomic E-state index is 9.60. The number of pyridine rings is 1. The minimum atomic E-state index is -0.318. The average molecular weight is 312 g/mol. The first-order chi connectivity index (χ1) is 10.9. The van der Waals surface area contributed by atoms with Gasteiger partial charge in [-0.05, 0) is 68.1 Å². The number of fused-ring (bicyclic) bond motifs is 1. The summed E-state index contributed by atoms with van der Waals surface area (Å²) in [5, 5.41) is 3.37. The monoisotopic (exact) mass is 312 g/mol. The lowest BCUT2D eigenvalue weighted by atomic mass is 10.0. The van der Waals surface area contributed by atoms with E-state index in [0.717, 1.165) is 18.8 Å². The number of aromatic nitrogens is 1. The van der Waals surface area contributed by atoms with Crippen molar-refractivity contribution < 1.29 is 9.53 Å². The first kappa shape index (κ1) is 17.2. The highest BCUT2D eigenvalue weighted by atomic mass is 16.5. The van der Waals surface area contributed by atoms with E-state index in [0.29, 0.717) is 6.47 Å². The van der Waals surface area contributed by atoms with Gasteiger partial charge in [0.15, 0.2) is 0 Å². The van der Waals surface area contributed by atoms with Crippen LogP contribution in [0.15, 0.2) is 36.5 Å². The molecule has 0 aliphatic carbocycles. The van der Waals surface area contributed by atoms with Crippen molar-refractivity contribution in [2.75, 3.05) is 0 Å². The van der Waals surface area contributed by atoms with Crippen molar-refractivity contribution in [3.8, 4) is 11.1 Å². The van der Waals surface area contributed by atoms with Crippen LogP contribution < -0.4 is 5.32 Å². The molecule has 0 spiro atoms. The number of hydrogen-bond acceptors (Lipinski definition) is 4. The van der Waals surface area contributed by atoms with Crippen LogP contribution in [0.5, 0.6) is 0 Å². The van der Waals surface area contributed by atoms with Crippen molar-refractivity contribution in [1.29, 1.82) is 0 Å². The number of carbonyl (C=O) groups is 1. The molecule has 4 nitrogen and oxygen atoms in total. The molecule has 1 aromatic carbocycles. The maximum Gasteiger partial charge on any atom is 0.293 e. The summed E-state index contributed by atoms with van der Waals surface area (Å²) in [4.78, 5) is 13.8. The Hall–Kier alpha value is -2.20. The third-order valence-electron chi connectivity index (χ3n) is 3.47. The van der Waals surface area contributed by atoms with Crippen molar-refractivity contribution in [3.63, 3.8) is 0 Å². The highest BCUT2D eigenvalue weighted by Gasteiger charge is 2.10. The van der Waals surface area contributed by atoms with Gasteiger partial charge in [0.1, 0.15) is 5.60 Å². The third-order valence-corrected chi connectivity index (χ3v) is 3.47. The van der Waals surface area contributed by atoms with Crippen LogP contribution >= 0.6 is 0 Å². The molecule has 2 heterocycles. The van der Waals surface area contributed by atoms with Crippen LogP contribution in [0.3, 0.4) is 0 Å². The normalized spacial score (nSPS) is 12.9. The Morgan fingerprint density at radius 3 is 2.39 bits per heavy atom. The number of hydrogen-bond donors (Lipinski definition) is 1. The number of rotatable bonds is 2. The molecule has 0 fully saturated rings. The van der Waals surface area contributed by atoms with E-state index in [1.54, 1.807) is 0 Å². The maximum atomic E-state index is 9.60. The molecular formula is C19H24N2O2. The van der Waals surface area contributed by atoms with E-state index in [9.17, 15) is 4.79 Å². The number of aryl methyl sites for hydroxylation is 1. The summed E-state index contributed by atoms with van der Waals surface area (Å²) in [7, 11) is 0. The van der Waals surface area contributed by atoms with Gasteiger partial charge in [0.2, 0.25) is 0 Å². The summed E-state index contributed by atoms with van der Waals surface area (Å²) in [6.07, 6.45) is 1.87. The number of ether oxygens (including phenoxy) is 1. The van der Waals surface area contributed by atoms with E-state index in [1.807, 2.05) is 33.9 Å². The van der Waals surface area contributed by atoms with Crippen LogP contribution in [-0.4, -0.2) is 17.1 Å². The molecule has 23 heavy (non-hydrogen) atoms.